The van der Waals surface area contributed by atoms with E-state index in [4.69, 9.17) is 23.8 Å². The SMILES string of the molecule is O=c1[nH]c2c(-c3ccccc3Cl)sc(=S)n2c2ccccc12. The Morgan fingerprint density at radius 1 is 1.09 bits per heavy atom. The van der Waals surface area contributed by atoms with Crippen LogP contribution in [-0.4, -0.2) is 9.38 Å². The third-order valence-corrected chi connectivity index (χ3v) is 5.29. The summed E-state index contributed by atoms with van der Waals surface area (Å²) in [5.41, 5.74) is 2.23. The lowest BCUT2D eigenvalue weighted by atomic mass is 10.2. The number of H-pyrrole nitrogens is 1. The third kappa shape index (κ3) is 1.94. The molecule has 4 aromatic rings. The second kappa shape index (κ2) is 5.05. The van der Waals surface area contributed by atoms with Crippen molar-refractivity contribution in [2.45, 2.75) is 0 Å². The van der Waals surface area contributed by atoms with Gasteiger partial charge in [-0.15, -0.1) is 11.3 Å². The van der Waals surface area contributed by atoms with Crippen molar-refractivity contribution in [1.82, 2.24) is 9.38 Å². The molecule has 0 radical (unpaired) electrons. The molecule has 0 unspecified atom stereocenters. The van der Waals surface area contributed by atoms with Gasteiger partial charge in [-0.2, -0.15) is 0 Å². The molecular weight excluding hydrogens is 336 g/mol. The van der Waals surface area contributed by atoms with Crippen LogP contribution in [0.4, 0.5) is 0 Å². The Bertz CT molecular complexity index is 1140. The predicted octanol–water partition coefficient (Wildman–Crippen LogP) is 4.89. The summed E-state index contributed by atoms with van der Waals surface area (Å²) >= 11 is 13.2. The predicted molar refractivity (Wildman–Crippen MR) is 94.7 cm³/mol. The minimum absolute atomic E-state index is 0.128. The molecule has 0 spiro atoms. The Morgan fingerprint density at radius 3 is 2.64 bits per heavy atom. The smallest absolute Gasteiger partial charge is 0.258 e. The van der Waals surface area contributed by atoms with Crippen LogP contribution in [0.3, 0.4) is 0 Å². The van der Waals surface area contributed by atoms with Crippen molar-refractivity contribution in [3.05, 3.63) is 67.9 Å². The van der Waals surface area contributed by atoms with E-state index in [-0.39, 0.29) is 5.56 Å². The van der Waals surface area contributed by atoms with Crippen molar-refractivity contribution < 1.29 is 0 Å². The first-order valence-corrected chi connectivity index (χ1v) is 8.18. The summed E-state index contributed by atoms with van der Waals surface area (Å²) in [6.07, 6.45) is 0. The number of fused-ring (bicyclic) bond motifs is 3. The lowest BCUT2D eigenvalue weighted by Crippen LogP contribution is -2.09. The van der Waals surface area contributed by atoms with Gasteiger partial charge in [-0.3, -0.25) is 9.20 Å². The summed E-state index contributed by atoms with van der Waals surface area (Å²) in [5.74, 6) is 0. The number of benzene rings is 2. The first kappa shape index (κ1) is 13.7. The molecule has 0 aliphatic carbocycles. The highest BCUT2D eigenvalue weighted by atomic mass is 35.5. The van der Waals surface area contributed by atoms with Crippen molar-refractivity contribution in [2.75, 3.05) is 0 Å². The maximum atomic E-state index is 12.3. The van der Waals surface area contributed by atoms with Crippen LogP contribution in [0, 0.1) is 3.95 Å². The van der Waals surface area contributed by atoms with Gasteiger partial charge in [0.15, 0.2) is 3.95 Å². The average molecular weight is 345 g/mol. The minimum atomic E-state index is -0.128. The molecule has 0 amide bonds. The van der Waals surface area contributed by atoms with E-state index in [1.807, 2.05) is 46.9 Å². The first-order chi connectivity index (χ1) is 10.7. The molecule has 2 aromatic heterocycles. The van der Waals surface area contributed by atoms with Crippen LogP contribution < -0.4 is 5.56 Å². The zero-order valence-corrected chi connectivity index (χ0v) is 13.6. The Kier molecular flexibility index (Phi) is 3.14. The molecular formula is C16H9ClN2OS2. The second-order valence-electron chi connectivity index (χ2n) is 4.83. The summed E-state index contributed by atoms with van der Waals surface area (Å²) < 4.78 is 2.58. The van der Waals surface area contributed by atoms with Crippen LogP contribution in [-0.2, 0) is 0 Å². The molecule has 0 saturated carbocycles. The maximum absolute atomic E-state index is 12.3. The number of aromatic amines is 1. The van der Waals surface area contributed by atoms with Crippen LogP contribution in [0.5, 0.6) is 0 Å². The summed E-state index contributed by atoms with van der Waals surface area (Å²) in [7, 11) is 0. The number of hydrogen-bond acceptors (Lipinski definition) is 3. The van der Waals surface area contributed by atoms with Crippen molar-refractivity contribution >= 4 is 51.7 Å². The second-order valence-corrected chi connectivity index (χ2v) is 6.88. The summed E-state index contributed by atoms with van der Waals surface area (Å²) in [6.45, 7) is 0. The Balaban J connectivity index is 2.23. The van der Waals surface area contributed by atoms with Gasteiger partial charge in [0.05, 0.1) is 15.8 Å². The topological polar surface area (TPSA) is 37.3 Å². The highest BCUT2D eigenvalue weighted by Crippen LogP contribution is 2.35. The standard InChI is InChI=1S/C16H9ClN2OS2/c17-11-7-3-1-5-9(11)13-14-18-15(20)10-6-2-4-8-12(10)19(14)16(21)22-13/h1-8H,(H,18,20). The normalized spacial score (nSPS) is 11.3. The van der Waals surface area contributed by atoms with Gasteiger partial charge < -0.3 is 4.98 Å². The Hall–Kier alpha value is -1.95. The number of nitrogens with zero attached hydrogens (tertiary/aromatic N) is 1. The molecule has 6 heteroatoms. The molecule has 0 atom stereocenters. The highest BCUT2D eigenvalue weighted by Gasteiger charge is 2.15. The van der Waals surface area contributed by atoms with E-state index in [0.29, 0.717) is 20.0 Å². The van der Waals surface area contributed by atoms with Crippen LogP contribution >= 0.6 is 35.2 Å². The molecule has 22 heavy (non-hydrogen) atoms. The van der Waals surface area contributed by atoms with E-state index in [2.05, 4.69) is 4.98 Å². The quantitative estimate of drug-likeness (QED) is 0.499. The van der Waals surface area contributed by atoms with Gasteiger partial charge >= 0.3 is 0 Å². The number of aromatic nitrogens is 2. The third-order valence-electron chi connectivity index (χ3n) is 3.55. The molecule has 0 aliphatic heterocycles. The fourth-order valence-electron chi connectivity index (χ4n) is 2.57. The van der Waals surface area contributed by atoms with Crippen molar-refractivity contribution in [3.8, 4) is 10.4 Å². The number of thiazole rings is 1. The Morgan fingerprint density at radius 2 is 1.82 bits per heavy atom. The van der Waals surface area contributed by atoms with E-state index in [1.54, 1.807) is 6.07 Å². The van der Waals surface area contributed by atoms with E-state index in [9.17, 15) is 4.79 Å². The zero-order valence-electron chi connectivity index (χ0n) is 11.2. The van der Waals surface area contributed by atoms with Crippen LogP contribution in [0.1, 0.15) is 0 Å². The van der Waals surface area contributed by atoms with Gasteiger partial charge in [-0.05, 0) is 30.4 Å². The molecule has 3 nitrogen and oxygen atoms in total. The molecule has 4 rings (SSSR count). The van der Waals surface area contributed by atoms with E-state index in [1.165, 1.54) is 11.3 Å². The number of hydrogen-bond donors (Lipinski definition) is 1. The van der Waals surface area contributed by atoms with Crippen LogP contribution in [0.2, 0.25) is 5.02 Å². The fourth-order valence-corrected chi connectivity index (χ4v) is 4.28. The molecule has 108 valence electrons. The minimum Gasteiger partial charge on any atom is -0.306 e. The van der Waals surface area contributed by atoms with Gasteiger partial charge in [-0.1, -0.05) is 41.9 Å². The van der Waals surface area contributed by atoms with Gasteiger partial charge in [0, 0.05) is 10.6 Å². The molecule has 0 aliphatic rings. The lowest BCUT2D eigenvalue weighted by molar-refractivity contribution is 1.16. The van der Waals surface area contributed by atoms with Gasteiger partial charge in [-0.25, -0.2) is 0 Å². The van der Waals surface area contributed by atoms with Crippen molar-refractivity contribution in [1.29, 1.82) is 0 Å². The van der Waals surface area contributed by atoms with Crippen molar-refractivity contribution in [2.24, 2.45) is 0 Å². The highest BCUT2D eigenvalue weighted by molar-refractivity contribution is 7.73. The number of para-hydroxylation sites is 1. The monoisotopic (exact) mass is 344 g/mol. The largest absolute Gasteiger partial charge is 0.306 e. The van der Waals surface area contributed by atoms with E-state index in [0.717, 1.165) is 16.0 Å². The van der Waals surface area contributed by atoms with E-state index >= 15 is 0 Å². The zero-order chi connectivity index (χ0) is 15.3. The molecule has 2 heterocycles. The van der Waals surface area contributed by atoms with Gasteiger partial charge in [0.1, 0.15) is 5.65 Å². The van der Waals surface area contributed by atoms with E-state index < -0.39 is 0 Å². The van der Waals surface area contributed by atoms with Crippen LogP contribution in [0.25, 0.3) is 27.0 Å². The summed E-state index contributed by atoms with van der Waals surface area (Å²) in [6, 6.07) is 15.0. The number of nitrogens with one attached hydrogen (secondary N) is 1. The molecule has 0 fully saturated rings. The first-order valence-electron chi connectivity index (χ1n) is 6.58. The van der Waals surface area contributed by atoms with Crippen LogP contribution in [0.15, 0.2) is 53.3 Å². The summed E-state index contributed by atoms with van der Waals surface area (Å²) in [5, 5.41) is 1.25. The number of halogens is 1. The number of rotatable bonds is 1. The lowest BCUT2D eigenvalue weighted by Gasteiger charge is -2.04. The fraction of sp³-hybridized carbons (Fsp3) is 0. The molecule has 2 aromatic carbocycles. The Labute approximate surface area is 139 Å². The van der Waals surface area contributed by atoms with Gasteiger partial charge in [0.2, 0.25) is 0 Å². The molecule has 0 saturated heterocycles. The average Bonchev–Trinajstić information content (AvgIpc) is 2.85. The van der Waals surface area contributed by atoms with Gasteiger partial charge in [0.25, 0.3) is 5.56 Å². The molecule has 0 bridgehead atoms. The maximum Gasteiger partial charge on any atom is 0.258 e. The van der Waals surface area contributed by atoms with Crippen molar-refractivity contribution in [3.63, 3.8) is 0 Å². The summed E-state index contributed by atoms with van der Waals surface area (Å²) in [4.78, 5) is 16.2. The molecule has 1 N–H and O–H groups in total.